The van der Waals surface area contributed by atoms with E-state index in [0.717, 1.165) is 0 Å². The first kappa shape index (κ1) is 13.6. The van der Waals surface area contributed by atoms with Gasteiger partial charge in [0.15, 0.2) is 11.2 Å². The lowest BCUT2D eigenvalue weighted by atomic mass is 9.89. The Kier molecular flexibility index (Phi) is 3.86. The number of amides is 1. The predicted octanol–water partition coefficient (Wildman–Crippen LogP) is -0.0155. The van der Waals surface area contributed by atoms with Crippen molar-refractivity contribution < 1.29 is 19.1 Å². The fourth-order valence-corrected chi connectivity index (χ4v) is 1.38. The molecular weight excluding hydrogens is 224 g/mol. The number of ether oxygens (including phenoxy) is 2. The molecule has 94 valence electrons. The molecule has 0 unspecified atom stereocenters. The van der Waals surface area contributed by atoms with Gasteiger partial charge in [-0.3, -0.25) is 9.59 Å². The third kappa shape index (κ3) is 2.46. The van der Waals surface area contributed by atoms with Gasteiger partial charge in [-0.15, -0.1) is 0 Å². The van der Waals surface area contributed by atoms with Crippen molar-refractivity contribution in [2.24, 2.45) is 5.41 Å². The van der Waals surface area contributed by atoms with Crippen molar-refractivity contribution in [3.63, 3.8) is 0 Å². The van der Waals surface area contributed by atoms with Crippen LogP contribution in [-0.2, 0) is 19.1 Å². The normalized spacial score (nSPS) is 32.6. The zero-order valence-electron chi connectivity index (χ0n) is 10.2. The molecule has 0 saturated carbocycles. The van der Waals surface area contributed by atoms with Crippen molar-refractivity contribution in [2.75, 3.05) is 19.8 Å². The van der Waals surface area contributed by atoms with E-state index in [0.29, 0.717) is 6.54 Å². The first-order chi connectivity index (χ1) is 7.90. The maximum Gasteiger partial charge on any atom is 0.245 e. The molecule has 6 heteroatoms. The molecule has 1 amide bonds. The standard InChI is InChI=1S/C11H16N2O4/c1-4-13-9(15)11(5-12)6-16-10(3,8(2)14)17-7-11/h4,6-7H2,1-3H3,(H,13,15). The van der Waals surface area contributed by atoms with Crippen LogP contribution in [0.2, 0.25) is 0 Å². The predicted molar refractivity (Wildman–Crippen MR) is 57.7 cm³/mol. The topological polar surface area (TPSA) is 88.4 Å². The number of Topliss-reactive ketones (excluding diaryl/α,β-unsaturated/α-hetero) is 1. The lowest BCUT2D eigenvalue weighted by Gasteiger charge is -2.38. The highest BCUT2D eigenvalue weighted by atomic mass is 16.7. The van der Waals surface area contributed by atoms with Crippen molar-refractivity contribution in [2.45, 2.75) is 26.6 Å². The summed E-state index contributed by atoms with van der Waals surface area (Å²) in [7, 11) is 0. The number of nitrogens with zero attached hydrogens (tertiary/aromatic N) is 1. The van der Waals surface area contributed by atoms with Crippen molar-refractivity contribution in [1.29, 1.82) is 5.26 Å². The van der Waals surface area contributed by atoms with Crippen LogP contribution in [0.25, 0.3) is 0 Å². The average Bonchev–Trinajstić information content (AvgIpc) is 2.30. The first-order valence-corrected chi connectivity index (χ1v) is 5.39. The molecule has 1 heterocycles. The van der Waals surface area contributed by atoms with Gasteiger partial charge in [0, 0.05) is 13.5 Å². The minimum Gasteiger partial charge on any atom is -0.355 e. The molecule has 0 aromatic heterocycles. The average molecular weight is 240 g/mol. The monoisotopic (exact) mass is 240 g/mol. The minimum atomic E-state index is -1.37. The number of carbonyl (C=O) groups excluding carboxylic acids is 2. The highest BCUT2D eigenvalue weighted by molar-refractivity contribution is 5.87. The Bertz CT molecular complexity index is 364. The molecule has 1 fully saturated rings. The van der Waals surface area contributed by atoms with E-state index < -0.39 is 17.1 Å². The SMILES string of the molecule is CCNC(=O)C1(C#N)COC(C)(C(C)=O)OC1. The van der Waals surface area contributed by atoms with Gasteiger partial charge in [-0.05, 0) is 13.8 Å². The molecule has 0 aromatic rings. The van der Waals surface area contributed by atoms with Crippen molar-refractivity contribution >= 4 is 11.7 Å². The number of hydrogen-bond donors (Lipinski definition) is 1. The van der Waals surface area contributed by atoms with Crippen LogP contribution in [0.4, 0.5) is 0 Å². The van der Waals surface area contributed by atoms with Crippen molar-refractivity contribution in [3.05, 3.63) is 0 Å². The Labute approximate surface area is 99.9 Å². The minimum absolute atomic E-state index is 0.147. The highest BCUT2D eigenvalue weighted by Crippen LogP contribution is 2.30. The molecule has 17 heavy (non-hydrogen) atoms. The summed E-state index contributed by atoms with van der Waals surface area (Å²) in [5, 5.41) is 11.6. The van der Waals surface area contributed by atoms with Gasteiger partial charge in [-0.25, -0.2) is 0 Å². The lowest BCUT2D eigenvalue weighted by molar-refractivity contribution is -0.265. The quantitative estimate of drug-likeness (QED) is 0.749. The van der Waals surface area contributed by atoms with Crippen molar-refractivity contribution in [3.8, 4) is 6.07 Å². The van der Waals surface area contributed by atoms with E-state index in [9.17, 15) is 9.59 Å². The summed E-state index contributed by atoms with van der Waals surface area (Å²) in [5.74, 6) is -2.08. The van der Waals surface area contributed by atoms with Crippen LogP contribution in [-0.4, -0.2) is 37.2 Å². The fraction of sp³-hybridized carbons (Fsp3) is 0.727. The summed E-state index contributed by atoms with van der Waals surface area (Å²) in [6.45, 7) is 4.70. The Morgan fingerprint density at radius 3 is 2.29 bits per heavy atom. The maximum atomic E-state index is 11.8. The van der Waals surface area contributed by atoms with E-state index in [2.05, 4.69) is 5.32 Å². The maximum absolute atomic E-state index is 11.8. The van der Waals surface area contributed by atoms with Crippen LogP contribution < -0.4 is 5.32 Å². The van der Waals surface area contributed by atoms with Gasteiger partial charge in [0.1, 0.15) is 0 Å². The summed E-state index contributed by atoms with van der Waals surface area (Å²) >= 11 is 0. The number of nitrogens with one attached hydrogen (secondary N) is 1. The molecule has 1 N–H and O–H groups in total. The van der Waals surface area contributed by atoms with Gasteiger partial charge in [-0.2, -0.15) is 5.26 Å². The van der Waals surface area contributed by atoms with Gasteiger partial charge in [0.05, 0.1) is 19.3 Å². The van der Waals surface area contributed by atoms with Crippen molar-refractivity contribution in [1.82, 2.24) is 5.32 Å². The molecule has 0 aromatic carbocycles. The van der Waals surface area contributed by atoms with Crippen LogP contribution in [0, 0.1) is 16.7 Å². The Morgan fingerprint density at radius 1 is 1.41 bits per heavy atom. The number of hydrogen-bond acceptors (Lipinski definition) is 5. The zero-order chi connectivity index (χ0) is 13.1. The summed E-state index contributed by atoms with van der Waals surface area (Å²) < 4.78 is 10.5. The van der Waals surface area contributed by atoms with E-state index in [-0.39, 0.29) is 19.0 Å². The number of rotatable bonds is 3. The number of nitriles is 1. The van der Waals surface area contributed by atoms with Gasteiger partial charge < -0.3 is 14.8 Å². The smallest absolute Gasteiger partial charge is 0.245 e. The van der Waals surface area contributed by atoms with Gasteiger partial charge in [0.25, 0.3) is 0 Å². The fourth-order valence-electron chi connectivity index (χ4n) is 1.38. The molecular formula is C11H16N2O4. The Hall–Kier alpha value is -1.45. The zero-order valence-corrected chi connectivity index (χ0v) is 10.2. The lowest BCUT2D eigenvalue weighted by Crippen LogP contribution is -2.56. The molecule has 6 nitrogen and oxygen atoms in total. The highest BCUT2D eigenvalue weighted by Gasteiger charge is 2.49. The first-order valence-electron chi connectivity index (χ1n) is 5.39. The molecule has 0 spiro atoms. The molecule has 1 saturated heterocycles. The summed E-state index contributed by atoms with van der Waals surface area (Å²) in [6.07, 6.45) is 0. The van der Waals surface area contributed by atoms with E-state index >= 15 is 0 Å². The molecule has 1 rings (SSSR count). The second-order valence-corrected chi connectivity index (χ2v) is 4.13. The van der Waals surface area contributed by atoms with E-state index in [4.69, 9.17) is 14.7 Å². The summed E-state index contributed by atoms with van der Waals surface area (Å²) in [6, 6.07) is 1.91. The molecule has 1 aliphatic rings. The number of ketones is 1. The van der Waals surface area contributed by atoms with E-state index in [1.165, 1.54) is 13.8 Å². The van der Waals surface area contributed by atoms with Gasteiger partial charge in [0.2, 0.25) is 11.7 Å². The number of carbonyl (C=O) groups is 2. The molecule has 0 bridgehead atoms. The Balaban J connectivity index is 2.81. The second-order valence-electron chi connectivity index (χ2n) is 4.13. The van der Waals surface area contributed by atoms with Crippen LogP contribution in [0.3, 0.4) is 0 Å². The summed E-state index contributed by atoms with van der Waals surface area (Å²) in [4.78, 5) is 23.0. The van der Waals surface area contributed by atoms with Crippen LogP contribution in [0.1, 0.15) is 20.8 Å². The van der Waals surface area contributed by atoms with Gasteiger partial charge in [-0.1, -0.05) is 0 Å². The Morgan fingerprint density at radius 2 is 1.94 bits per heavy atom. The van der Waals surface area contributed by atoms with Crippen LogP contribution in [0.5, 0.6) is 0 Å². The second kappa shape index (κ2) is 4.82. The molecule has 0 radical (unpaired) electrons. The van der Waals surface area contributed by atoms with E-state index in [1.54, 1.807) is 6.92 Å². The summed E-state index contributed by atoms with van der Waals surface area (Å²) in [5.41, 5.74) is -1.37. The largest absolute Gasteiger partial charge is 0.355 e. The van der Waals surface area contributed by atoms with E-state index in [1.807, 2.05) is 6.07 Å². The van der Waals surface area contributed by atoms with Crippen LogP contribution in [0.15, 0.2) is 0 Å². The molecule has 0 aliphatic carbocycles. The van der Waals surface area contributed by atoms with Gasteiger partial charge >= 0.3 is 0 Å². The molecule has 1 aliphatic heterocycles. The third-order valence-electron chi connectivity index (χ3n) is 2.81. The molecule has 0 atom stereocenters. The third-order valence-corrected chi connectivity index (χ3v) is 2.81. The van der Waals surface area contributed by atoms with Crippen LogP contribution >= 0.6 is 0 Å².